The maximum absolute atomic E-state index is 13.6. The molecule has 1 heterocycles. The number of imidazole rings is 1. The third-order valence-corrected chi connectivity index (χ3v) is 6.48. The van der Waals surface area contributed by atoms with Crippen LogP contribution in [0.3, 0.4) is 0 Å². The van der Waals surface area contributed by atoms with Crippen LogP contribution in [0.1, 0.15) is 64.5 Å². The average molecular weight is 610 g/mol. The van der Waals surface area contributed by atoms with E-state index in [-0.39, 0.29) is 44.1 Å². The molecule has 1 aromatic rings. The fraction of sp³-hybridized carbons (Fsp3) is 0.654. The van der Waals surface area contributed by atoms with Crippen molar-refractivity contribution in [3.05, 3.63) is 18.2 Å². The van der Waals surface area contributed by atoms with Crippen LogP contribution < -0.4 is 44.4 Å². The van der Waals surface area contributed by atoms with Gasteiger partial charge in [-0.25, -0.2) is 10.5 Å². The van der Waals surface area contributed by atoms with Gasteiger partial charge < -0.3 is 43.9 Å². The first-order valence-electron chi connectivity index (χ1n) is 14.2. The molecule has 0 radical (unpaired) electrons. The van der Waals surface area contributed by atoms with E-state index in [0.29, 0.717) is 37.9 Å². The fourth-order valence-corrected chi connectivity index (χ4v) is 4.33. The van der Waals surface area contributed by atoms with Crippen molar-refractivity contribution >= 4 is 35.5 Å². The van der Waals surface area contributed by atoms with Crippen LogP contribution in [0.5, 0.6) is 0 Å². The van der Waals surface area contributed by atoms with Crippen LogP contribution in [0.4, 0.5) is 0 Å². The molecule has 242 valence electrons. The number of aromatic nitrogens is 2. The highest BCUT2D eigenvalue weighted by Crippen LogP contribution is 2.17. The summed E-state index contributed by atoms with van der Waals surface area (Å²) in [5.74, 6) is -4.36. The van der Waals surface area contributed by atoms with E-state index in [1.807, 2.05) is 13.8 Å². The Hall–Kier alpha value is -4.25. The monoisotopic (exact) mass is 609 g/mol. The lowest BCUT2D eigenvalue weighted by Gasteiger charge is -2.26. The zero-order chi connectivity index (χ0) is 32.4. The van der Waals surface area contributed by atoms with Crippen LogP contribution in [0.25, 0.3) is 0 Å². The molecule has 0 saturated heterocycles. The minimum Gasteiger partial charge on any atom is -0.370 e. The fourth-order valence-electron chi connectivity index (χ4n) is 4.33. The highest BCUT2D eigenvalue weighted by molar-refractivity contribution is 5.94. The SMILES string of the molecule is CC(C)C[C@H](CC(=O)NO)C(=O)N[C@@H](Cc1cnc[nH]1)C(=O)N[C@@H](CCCN=C(N)N)C(=O)N[C@@H](CCCCN)C(N)=O. The maximum Gasteiger partial charge on any atom is 0.244 e. The van der Waals surface area contributed by atoms with Gasteiger partial charge in [0.15, 0.2) is 5.96 Å². The van der Waals surface area contributed by atoms with Crippen molar-refractivity contribution < 1.29 is 29.2 Å². The Morgan fingerprint density at radius 3 is 2.12 bits per heavy atom. The van der Waals surface area contributed by atoms with Crippen molar-refractivity contribution in [3.63, 3.8) is 0 Å². The number of amides is 5. The minimum absolute atomic E-state index is 0.0104. The molecule has 0 unspecified atom stereocenters. The highest BCUT2D eigenvalue weighted by Gasteiger charge is 2.31. The van der Waals surface area contributed by atoms with Crippen LogP contribution in [0.2, 0.25) is 0 Å². The van der Waals surface area contributed by atoms with Crippen molar-refractivity contribution in [2.45, 2.75) is 83.3 Å². The second-order valence-corrected chi connectivity index (χ2v) is 10.7. The van der Waals surface area contributed by atoms with Crippen LogP contribution >= 0.6 is 0 Å². The molecule has 1 aromatic heterocycles. The van der Waals surface area contributed by atoms with E-state index >= 15 is 0 Å². The number of carbonyl (C=O) groups is 5. The third kappa shape index (κ3) is 15.0. The van der Waals surface area contributed by atoms with Crippen molar-refractivity contribution in [2.75, 3.05) is 13.1 Å². The summed E-state index contributed by atoms with van der Waals surface area (Å²) in [7, 11) is 0. The first-order valence-corrected chi connectivity index (χ1v) is 14.2. The molecule has 0 saturated carbocycles. The predicted molar refractivity (Wildman–Crippen MR) is 158 cm³/mol. The lowest BCUT2D eigenvalue weighted by Crippen LogP contribution is -2.57. The summed E-state index contributed by atoms with van der Waals surface area (Å²) in [6, 6.07) is -3.29. The third-order valence-electron chi connectivity index (χ3n) is 6.48. The summed E-state index contributed by atoms with van der Waals surface area (Å²) >= 11 is 0. The number of nitrogens with two attached hydrogens (primary N) is 4. The van der Waals surface area contributed by atoms with E-state index in [2.05, 4.69) is 30.9 Å². The van der Waals surface area contributed by atoms with E-state index in [1.165, 1.54) is 18.0 Å². The van der Waals surface area contributed by atoms with Crippen LogP contribution in [0.15, 0.2) is 17.5 Å². The summed E-state index contributed by atoms with van der Waals surface area (Å²) in [6.45, 7) is 4.32. The smallest absolute Gasteiger partial charge is 0.244 e. The van der Waals surface area contributed by atoms with Gasteiger partial charge in [0.2, 0.25) is 29.5 Å². The molecule has 17 heteroatoms. The van der Waals surface area contributed by atoms with Crippen LogP contribution in [-0.4, -0.2) is 81.9 Å². The number of primary amides is 1. The highest BCUT2D eigenvalue weighted by atomic mass is 16.5. The van der Waals surface area contributed by atoms with Gasteiger partial charge in [-0.15, -0.1) is 0 Å². The Kier molecular flexibility index (Phi) is 16.9. The number of hydrogen-bond acceptors (Lipinski definition) is 9. The van der Waals surface area contributed by atoms with Gasteiger partial charge in [0.1, 0.15) is 18.1 Å². The largest absolute Gasteiger partial charge is 0.370 e. The van der Waals surface area contributed by atoms with E-state index in [4.69, 9.17) is 28.1 Å². The van der Waals surface area contributed by atoms with Gasteiger partial charge in [0, 0.05) is 37.2 Å². The number of rotatable bonds is 21. The number of nitrogens with one attached hydrogen (secondary N) is 5. The molecule has 17 nitrogen and oxygen atoms in total. The minimum atomic E-state index is -1.18. The zero-order valence-electron chi connectivity index (χ0n) is 24.8. The first-order chi connectivity index (χ1) is 20.4. The van der Waals surface area contributed by atoms with Crippen molar-refractivity contribution in [1.29, 1.82) is 0 Å². The number of carbonyl (C=O) groups excluding carboxylic acids is 5. The van der Waals surface area contributed by atoms with E-state index in [1.54, 1.807) is 0 Å². The zero-order valence-corrected chi connectivity index (χ0v) is 24.8. The topological polar surface area (TPSA) is 299 Å². The lowest BCUT2D eigenvalue weighted by atomic mass is 9.92. The number of nitrogens with zero attached hydrogens (tertiary/aromatic N) is 2. The Balaban J connectivity index is 3.20. The molecule has 0 aliphatic carbocycles. The molecule has 43 heavy (non-hydrogen) atoms. The van der Waals surface area contributed by atoms with Crippen molar-refractivity contribution in [1.82, 2.24) is 31.4 Å². The van der Waals surface area contributed by atoms with Gasteiger partial charge in [-0.1, -0.05) is 13.8 Å². The molecule has 0 aliphatic rings. The number of hydrogen-bond donors (Lipinski definition) is 10. The Morgan fingerprint density at radius 1 is 0.930 bits per heavy atom. The molecule has 0 fully saturated rings. The second-order valence-electron chi connectivity index (χ2n) is 10.7. The Morgan fingerprint density at radius 2 is 1.56 bits per heavy atom. The number of guanidine groups is 1. The van der Waals surface area contributed by atoms with Gasteiger partial charge >= 0.3 is 0 Å². The molecule has 1 rings (SSSR count). The molecule has 0 aromatic carbocycles. The normalized spacial score (nSPS) is 13.7. The standard InChI is InChI=1S/C26H47N11O6/c1-15(2)10-16(11-21(38)37-43)23(40)36-20(12-17-13-31-14-33-17)25(42)35-19(7-5-9-32-26(29)30)24(41)34-18(22(28)39)6-3-4-8-27/h13-16,18-20,43H,3-12,27H2,1-2H3,(H2,28,39)(H,31,33)(H,34,41)(H,35,42)(H,36,40)(H,37,38)(H4,29,30,32)/t16-,18+,19+,20+/m1/s1. The van der Waals surface area contributed by atoms with Gasteiger partial charge in [-0.3, -0.25) is 34.2 Å². The van der Waals surface area contributed by atoms with Gasteiger partial charge in [-0.05, 0) is 51.0 Å². The Bertz CT molecular complexity index is 1060. The summed E-state index contributed by atoms with van der Waals surface area (Å²) in [6.07, 6.45) is 4.74. The molecule has 0 bridgehead atoms. The van der Waals surface area contributed by atoms with Crippen LogP contribution in [0, 0.1) is 11.8 Å². The van der Waals surface area contributed by atoms with E-state index < -0.39 is 53.6 Å². The number of unbranched alkanes of at least 4 members (excludes halogenated alkanes) is 1. The quantitative estimate of drug-likeness (QED) is 0.0232. The molecule has 14 N–H and O–H groups in total. The van der Waals surface area contributed by atoms with E-state index in [0.717, 1.165) is 0 Å². The predicted octanol–water partition coefficient (Wildman–Crippen LogP) is -2.37. The summed E-state index contributed by atoms with van der Waals surface area (Å²) in [5, 5.41) is 16.9. The van der Waals surface area contributed by atoms with Crippen molar-refractivity contribution in [2.24, 2.45) is 39.8 Å². The lowest BCUT2D eigenvalue weighted by molar-refractivity contribution is -0.137. The summed E-state index contributed by atoms with van der Waals surface area (Å²) < 4.78 is 0. The van der Waals surface area contributed by atoms with Crippen molar-refractivity contribution in [3.8, 4) is 0 Å². The molecular formula is C26H47N11O6. The van der Waals surface area contributed by atoms with Gasteiger partial charge in [0.05, 0.1) is 6.33 Å². The summed E-state index contributed by atoms with van der Waals surface area (Å²) in [4.78, 5) is 74.7. The summed E-state index contributed by atoms with van der Waals surface area (Å²) in [5.41, 5.74) is 23.8. The molecule has 5 amide bonds. The van der Waals surface area contributed by atoms with Gasteiger partial charge in [0.25, 0.3) is 0 Å². The molecular weight excluding hydrogens is 562 g/mol. The Labute approximate surface area is 250 Å². The number of aromatic amines is 1. The second kappa shape index (κ2) is 19.8. The molecule has 0 aliphatic heterocycles. The van der Waals surface area contributed by atoms with Gasteiger partial charge in [-0.2, -0.15) is 0 Å². The first kappa shape index (κ1) is 36.8. The van der Waals surface area contributed by atoms with E-state index in [9.17, 15) is 24.0 Å². The maximum atomic E-state index is 13.6. The van der Waals surface area contributed by atoms with Crippen LogP contribution in [-0.2, 0) is 30.4 Å². The number of aliphatic imine (C=N–C) groups is 1. The average Bonchev–Trinajstić information content (AvgIpc) is 3.45. The number of H-pyrrole nitrogens is 1. The molecule has 0 spiro atoms. The number of hydroxylamine groups is 1. The molecule has 4 atom stereocenters.